The number of likely N-dealkylation sites (tertiary alicyclic amines) is 1. The van der Waals surface area contributed by atoms with Crippen molar-refractivity contribution in [3.8, 4) is 5.69 Å². The first-order chi connectivity index (χ1) is 13.8. The van der Waals surface area contributed by atoms with Crippen molar-refractivity contribution >= 4 is 11.8 Å². The molecular formula is C22H27FN4O2. The van der Waals surface area contributed by atoms with Crippen LogP contribution in [0, 0.1) is 11.2 Å². The van der Waals surface area contributed by atoms with E-state index < -0.39 is 0 Å². The van der Waals surface area contributed by atoms with E-state index in [4.69, 9.17) is 0 Å². The minimum Gasteiger partial charge on any atom is -0.348 e. The molecule has 2 amide bonds. The molecule has 0 radical (unpaired) electrons. The number of halogens is 1. The molecule has 154 valence electrons. The molecule has 0 saturated carbocycles. The topological polar surface area (TPSA) is 67.2 Å². The molecule has 2 aromatic rings. The maximum Gasteiger partial charge on any atom is 0.240 e. The van der Waals surface area contributed by atoms with Crippen LogP contribution in [-0.2, 0) is 16.0 Å². The van der Waals surface area contributed by atoms with Gasteiger partial charge in [0.1, 0.15) is 5.82 Å². The number of piperidine rings is 1. The van der Waals surface area contributed by atoms with Crippen LogP contribution in [-0.4, -0.2) is 39.6 Å². The zero-order chi connectivity index (χ0) is 20.6. The largest absolute Gasteiger partial charge is 0.348 e. The van der Waals surface area contributed by atoms with Crippen molar-refractivity contribution in [1.29, 1.82) is 0 Å². The van der Waals surface area contributed by atoms with Crippen LogP contribution in [0.4, 0.5) is 4.39 Å². The Balaban J connectivity index is 1.55. The van der Waals surface area contributed by atoms with Crippen molar-refractivity contribution in [3.05, 3.63) is 47.5 Å². The number of nitrogens with zero attached hydrogens (tertiary/aromatic N) is 3. The number of rotatable bonds is 4. The monoisotopic (exact) mass is 398 g/mol. The second-order valence-electron chi connectivity index (χ2n) is 8.87. The fourth-order valence-electron chi connectivity index (χ4n) is 4.42. The quantitative estimate of drug-likeness (QED) is 0.860. The summed E-state index contributed by atoms with van der Waals surface area (Å²) in [5, 5.41) is 7.65. The molecule has 1 fully saturated rings. The highest BCUT2D eigenvalue weighted by Gasteiger charge is 2.36. The van der Waals surface area contributed by atoms with E-state index in [1.807, 2.05) is 4.68 Å². The standard InChI is InChI=1S/C22H27FN4O2/c1-22(2)11-18(25-20(28)14-26-10-4-3-5-21(26)29)17-13-24-27(19(17)12-22)16-8-6-15(23)7-9-16/h6-9,13,18H,3-5,10-12,14H2,1-2H3,(H,25,28). The van der Waals surface area contributed by atoms with Crippen LogP contribution in [0.3, 0.4) is 0 Å². The third kappa shape index (κ3) is 4.18. The number of hydrogen-bond acceptors (Lipinski definition) is 3. The van der Waals surface area contributed by atoms with E-state index in [9.17, 15) is 14.0 Å². The summed E-state index contributed by atoms with van der Waals surface area (Å²) >= 11 is 0. The highest BCUT2D eigenvalue weighted by molar-refractivity contribution is 5.85. The Bertz CT molecular complexity index is 919. The zero-order valence-electron chi connectivity index (χ0n) is 16.9. The van der Waals surface area contributed by atoms with Crippen LogP contribution in [0.5, 0.6) is 0 Å². The van der Waals surface area contributed by atoms with Crippen molar-refractivity contribution in [1.82, 2.24) is 20.0 Å². The molecule has 1 aliphatic heterocycles. The van der Waals surface area contributed by atoms with Crippen molar-refractivity contribution in [2.45, 2.75) is 52.0 Å². The van der Waals surface area contributed by atoms with Crippen LogP contribution in [0.2, 0.25) is 0 Å². The van der Waals surface area contributed by atoms with Gasteiger partial charge in [-0.15, -0.1) is 0 Å². The van der Waals surface area contributed by atoms with E-state index in [0.29, 0.717) is 13.0 Å². The first kappa shape index (κ1) is 19.6. The molecule has 0 spiro atoms. The van der Waals surface area contributed by atoms with E-state index >= 15 is 0 Å². The van der Waals surface area contributed by atoms with Gasteiger partial charge in [0, 0.05) is 18.5 Å². The van der Waals surface area contributed by atoms with E-state index in [2.05, 4.69) is 24.3 Å². The number of nitrogens with one attached hydrogen (secondary N) is 1. The number of amides is 2. The van der Waals surface area contributed by atoms with E-state index in [0.717, 1.165) is 42.6 Å². The molecule has 2 heterocycles. The lowest BCUT2D eigenvalue weighted by molar-refractivity contribution is -0.138. The lowest BCUT2D eigenvalue weighted by Crippen LogP contribution is -2.45. The summed E-state index contributed by atoms with van der Waals surface area (Å²) in [4.78, 5) is 26.3. The summed E-state index contributed by atoms with van der Waals surface area (Å²) in [7, 11) is 0. The minimum absolute atomic E-state index is 0.0241. The Kier molecular flexibility index (Phi) is 5.15. The number of fused-ring (bicyclic) bond motifs is 1. The number of aromatic nitrogens is 2. The molecule has 29 heavy (non-hydrogen) atoms. The first-order valence-corrected chi connectivity index (χ1v) is 10.2. The number of benzene rings is 1. The SMILES string of the molecule is CC1(C)Cc2c(cnn2-c2ccc(F)cc2)C(NC(=O)CN2CCCCC2=O)C1. The first-order valence-electron chi connectivity index (χ1n) is 10.2. The molecule has 1 aliphatic carbocycles. The maximum atomic E-state index is 13.3. The number of hydrogen-bond donors (Lipinski definition) is 1. The van der Waals surface area contributed by atoms with E-state index in [-0.39, 0.29) is 35.6 Å². The third-order valence-electron chi connectivity index (χ3n) is 5.84. The van der Waals surface area contributed by atoms with Gasteiger partial charge in [0.2, 0.25) is 11.8 Å². The van der Waals surface area contributed by atoms with Gasteiger partial charge in [0.25, 0.3) is 0 Å². The third-order valence-corrected chi connectivity index (χ3v) is 5.84. The summed E-state index contributed by atoms with van der Waals surface area (Å²) < 4.78 is 15.1. The van der Waals surface area contributed by atoms with Gasteiger partial charge in [-0.3, -0.25) is 9.59 Å². The molecule has 1 atom stereocenters. The number of carbonyl (C=O) groups is 2. The predicted molar refractivity (Wildman–Crippen MR) is 107 cm³/mol. The molecule has 1 unspecified atom stereocenters. The Morgan fingerprint density at radius 3 is 2.76 bits per heavy atom. The smallest absolute Gasteiger partial charge is 0.240 e. The van der Waals surface area contributed by atoms with Gasteiger partial charge in [-0.2, -0.15) is 5.10 Å². The van der Waals surface area contributed by atoms with Gasteiger partial charge in [0.05, 0.1) is 30.2 Å². The Hall–Kier alpha value is -2.70. The second kappa shape index (κ2) is 7.61. The molecule has 7 heteroatoms. The van der Waals surface area contributed by atoms with Crippen molar-refractivity contribution in [2.75, 3.05) is 13.1 Å². The summed E-state index contributed by atoms with van der Waals surface area (Å²) in [5.74, 6) is -0.365. The van der Waals surface area contributed by atoms with Crippen LogP contribution < -0.4 is 5.32 Å². The van der Waals surface area contributed by atoms with Gasteiger partial charge in [-0.05, 0) is 55.4 Å². The van der Waals surface area contributed by atoms with E-state index in [1.165, 1.54) is 12.1 Å². The highest BCUT2D eigenvalue weighted by atomic mass is 19.1. The van der Waals surface area contributed by atoms with Crippen molar-refractivity contribution in [2.24, 2.45) is 5.41 Å². The molecule has 2 aliphatic rings. The van der Waals surface area contributed by atoms with Gasteiger partial charge < -0.3 is 10.2 Å². The van der Waals surface area contributed by atoms with Crippen molar-refractivity contribution in [3.63, 3.8) is 0 Å². The minimum atomic E-state index is -0.285. The summed E-state index contributed by atoms with van der Waals surface area (Å²) in [6.07, 6.45) is 5.79. The molecule has 1 aromatic heterocycles. The molecular weight excluding hydrogens is 371 g/mol. The van der Waals surface area contributed by atoms with Gasteiger partial charge >= 0.3 is 0 Å². The lowest BCUT2D eigenvalue weighted by Gasteiger charge is -2.36. The van der Waals surface area contributed by atoms with Gasteiger partial charge in [-0.25, -0.2) is 9.07 Å². The van der Waals surface area contributed by atoms with Crippen molar-refractivity contribution < 1.29 is 14.0 Å². The summed E-state index contributed by atoms with van der Waals surface area (Å²) in [5.41, 5.74) is 2.80. The molecule has 4 rings (SSSR count). The Morgan fingerprint density at radius 1 is 1.28 bits per heavy atom. The molecule has 1 saturated heterocycles. The molecule has 0 bridgehead atoms. The summed E-state index contributed by atoms with van der Waals surface area (Å²) in [6.45, 7) is 5.10. The molecule has 6 nitrogen and oxygen atoms in total. The average molecular weight is 398 g/mol. The second-order valence-corrected chi connectivity index (χ2v) is 8.87. The molecule has 1 N–H and O–H groups in total. The fraction of sp³-hybridized carbons (Fsp3) is 0.500. The Morgan fingerprint density at radius 2 is 2.03 bits per heavy atom. The van der Waals surface area contributed by atoms with Crippen LogP contribution in [0.25, 0.3) is 5.69 Å². The molecule has 1 aromatic carbocycles. The van der Waals surface area contributed by atoms with Gasteiger partial charge in [0.15, 0.2) is 0 Å². The number of carbonyl (C=O) groups excluding carboxylic acids is 2. The van der Waals surface area contributed by atoms with Crippen LogP contribution >= 0.6 is 0 Å². The fourth-order valence-corrected chi connectivity index (χ4v) is 4.42. The van der Waals surface area contributed by atoms with Crippen LogP contribution in [0.15, 0.2) is 30.5 Å². The lowest BCUT2D eigenvalue weighted by atomic mass is 9.74. The van der Waals surface area contributed by atoms with E-state index in [1.54, 1.807) is 23.2 Å². The Labute approximate surface area is 170 Å². The van der Waals surface area contributed by atoms with Crippen LogP contribution in [0.1, 0.15) is 56.8 Å². The highest BCUT2D eigenvalue weighted by Crippen LogP contribution is 2.41. The zero-order valence-corrected chi connectivity index (χ0v) is 16.9. The maximum absolute atomic E-state index is 13.3. The van der Waals surface area contributed by atoms with Gasteiger partial charge in [-0.1, -0.05) is 13.8 Å². The average Bonchev–Trinajstić information content (AvgIpc) is 3.07. The predicted octanol–water partition coefficient (Wildman–Crippen LogP) is 3.15. The normalized spacial score (nSPS) is 21.0. The summed E-state index contributed by atoms with van der Waals surface area (Å²) in [6, 6.07) is 6.10.